The maximum Gasteiger partial charge on any atom is 0.194 e. The van der Waals surface area contributed by atoms with Crippen molar-refractivity contribution in [2.24, 2.45) is 10.9 Å². The van der Waals surface area contributed by atoms with Gasteiger partial charge in [-0.05, 0) is 38.8 Å². The van der Waals surface area contributed by atoms with Crippen LogP contribution in [0.3, 0.4) is 0 Å². The standard InChI is InChI=1S/C19H34N6O.HI/c1-3-20-19(21-14-17(2)15-23-7-4-5-8-23)25-11-9-24(10-12-25)16-18-6-13-26-22-18;/h6,13,17H,3-5,7-12,14-16H2,1-2H3,(H,20,21);1H. The second-order valence-corrected chi connectivity index (χ2v) is 7.56. The van der Waals surface area contributed by atoms with E-state index in [1.165, 1.54) is 32.5 Å². The Balaban J connectivity index is 0.00000261. The maximum atomic E-state index is 4.94. The van der Waals surface area contributed by atoms with Gasteiger partial charge in [0.05, 0.1) is 5.69 Å². The molecule has 1 atom stereocenters. The monoisotopic (exact) mass is 490 g/mol. The molecular formula is C19H35IN6O. The lowest BCUT2D eigenvalue weighted by molar-refractivity contribution is 0.169. The molecule has 27 heavy (non-hydrogen) atoms. The second-order valence-electron chi connectivity index (χ2n) is 7.56. The van der Waals surface area contributed by atoms with E-state index in [2.05, 4.69) is 39.0 Å². The van der Waals surface area contributed by atoms with Crippen LogP contribution in [0.5, 0.6) is 0 Å². The summed E-state index contributed by atoms with van der Waals surface area (Å²) in [5.41, 5.74) is 1.01. The minimum atomic E-state index is 0. The predicted molar refractivity (Wildman–Crippen MR) is 120 cm³/mol. The number of hydrogen-bond donors (Lipinski definition) is 1. The average Bonchev–Trinajstić information content (AvgIpc) is 3.33. The smallest absolute Gasteiger partial charge is 0.194 e. The van der Waals surface area contributed by atoms with Crippen LogP contribution in [0.15, 0.2) is 21.8 Å². The predicted octanol–water partition coefficient (Wildman–Crippen LogP) is 2.11. The summed E-state index contributed by atoms with van der Waals surface area (Å²) in [5, 5.41) is 7.49. The minimum absolute atomic E-state index is 0. The van der Waals surface area contributed by atoms with Gasteiger partial charge in [0.25, 0.3) is 0 Å². The molecule has 0 spiro atoms. The molecule has 0 aliphatic carbocycles. The van der Waals surface area contributed by atoms with Crippen molar-refractivity contribution in [1.82, 2.24) is 25.2 Å². The van der Waals surface area contributed by atoms with Gasteiger partial charge in [0.2, 0.25) is 0 Å². The summed E-state index contributed by atoms with van der Waals surface area (Å²) < 4.78 is 4.93. The number of rotatable bonds is 7. The third kappa shape index (κ3) is 7.23. The van der Waals surface area contributed by atoms with Crippen molar-refractivity contribution < 1.29 is 4.52 Å². The van der Waals surface area contributed by atoms with Crippen LogP contribution in [0.25, 0.3) is 0 Å². The molecule has 0 radical (unpaired) electrons. The normalized spacial score (nSPS) is 20.5. The number of likely N-dealkylation sites (tertiary alicyclic amines) is 1. The highest BCUT2D eigenvalue weighted by Crippen LogP contribution is 2.11. The van der Waals surface area contributed by atoms with Crippen molar-refractivity contribution >= 4 is 29.9 Å². The topological polar surface area (TPSA) is 60.1 Å². The van der Waals surface area contributed by atoms with Crippen LogP contribution in [0.2, 0.25) is 0 Å². The minimum Gasteiger partial charge on any atom is -0.364 e. The van der Waals surface area contributed by atoms with E-state index in [1.807, 2.05) is 6.07 Å². The molecule has 1 aromatic heterocycles. The van der Waals surface area contributed by atoms with Crippen molar-refractivity contribution in [2.75, 3.05) is 58.9 Å². The van der Waals surface area contributed by atoms with E-state index in [0.717, 1.165) is 57.5 Å². The van der Waals surface area contributed by atoms with Crippen LogP contribution >= 0.6 is 24.0 Å². The van der Waals surface area contributed by atoms with Gasteiger partial charge < -0.3 is 19.6 Å². The van der Waals surface area contributed by atoms with E-state index in [0.29, 0.717) is 5.92 Å². The summed E-state index contributed by atoms with van der Waals surface area (Å²) in [7, 11) is 0. The van der Waals surface area contributed by atoms with Gasteiger partial charge in [-0.3, -0.25) is 9.89 Å². The largest absolute Gasteiger partial charge is 0.364 e. The molecule has 1 N–H and O–H groups in total. The molecular weight excluding hydrogens is 455 g/mol. The van der Waals surface area contributed by atoms with Gasteiger partial charge in [0.15, 0.2) is 5.96 Å². The van der Waals surface area contributed by atoms with Crippen LogP contribution in [0.4, 0.5) is 0 Å². The average molecular weight is 490 g/mol. The first kappa shape index (κ1) is 22.4. The molecule has 2 fully saturated rings. The molecule has 0 amide bonds. The molecule has 2 saturated heterocycles. The van der Waals surface area contributed by atoms with Crippen LogP contribution in [0.1, 0.15) is 32.4 Å². The van der Waals surface area contributed by atoms with E-state index >= 15 is 0 Å². The van der Waals surface area contributed by atoms with Crippen LogP contribution < -0.4 is 5.32 Å². The molecule has 2 aliphatic rings. The second kappa shape index (κ2) is 11.9. The van der Waals surface area contributed by atoms with E-state index in [9.17, 15) is 0 Å². The highest BCUT2D eigenvalue weighted by atomic mass is 127. The fourth-order valence-electron chi connectivity index (χ4n) is 3.80. The Kier molecular flexibility index (Phi) is 9.84. The summed E-state index contributed by atoms with van der Waals surface area (Å²) in [6, 6.07) is 1.94. The Hall–Kier alpha value is -0.870. The SMILES string of the molecule is CCNC(=NCC(C)CN1CCCC1)N1CCN(Cc2ccon2)CC1.I. The van der Waals surface area contributed by atoms with Crippen LogP contribution in [-0.4, -0.2) is 84.7 Å². The first-order valence-electron chi connectivity index (χ1n) is 10.1. The maximum absolute atomic E-state index is 4.94. The highest BCUT2D eigenvalue weighted by molar-refractivity contribution is 14.0. The number of nitrogens with zero attached hydrogens (tertiary/aromatic N) is 5. The Bertz CT molecular complexity index is 538. The Labute approximate surface area is 180 Å². The summed E-state index contributed by atoms with van der Waals surface area (Å²) in [5.74, 6) is 1.68. The quantitative estimate of drug-likeness (QED) is 0.359. The number of nitrogens with one attached hydrogen (secondary N) is 1. The molecule has 0 aromatic carbocycles. The van der Waals surface area contributed by atoms with Crippen molar-refractivity contribution in [2.45, 2.75) is 33.2 Å². The van der Waals surface area contributed by atoms with Gasteiger partial charge in [-0.2, -0.15) is 0 Å². The fraction of sp³-hybridized carbons (Fsp3) is 0.789. The molecule has 7 nitrogen and oxygen atoms in total. The van der Waals surface area contributed by atoms with Gasteiger partial charge in [-0.1, -0.05) is 12.1 Å². The lowest BCUT2D eigenvalue weighted by Gasteiger charge is -2.36. The Morgan fingerprint density at radius 3 is 2.56 bits per heavy atom. The van der Waals surface area contributed by atoms with Crippen LogP contribution in [-0.2, 0) is 6.54 Å². The van der Waals surface area contributed by atoms with Crippen LogP contribution in [0, 0.1) is 5.92 Å². The zero-order chi connectivity index (χ0) is 18.2. The number of guanidine groups is 1. The molecule has 3 rings (SSSR count). The van der Waals surface area contributed by atoms with Crippen molar-refractivity contribution in [1.29, 1.82) is 0 Å². The van der Waals surface area contributed by atoms with Gasteiger partial charge in [0.1, 0.15) is 6.26 Å². The fourth-order valence-corrected chi connectivity index (χ4v) is 3.80. The molecule has 0 saturated carbocycles. The number of hydrogen-bond acceptors (Lipinski definition) is 5. The van der Waals surface area contributed by atoms with E-state index < -0.39 is 0 Å². The summed E-state index contributed by atoms with van der Waals surface area (Å²) in [6.45, 7) is 14.9. The summed E-state index contributed by atoms with van der Waals surface area (Å²) >= 11 is 0. The Morgan fingerprint density at radius 1 is 1.19 bits per heavy atom. The van der Waals surface area contributed by atoms with Gasteiger partial charge in [0, 0.05) is 58.4 Å². The van der Waals surface area contributed by atoms with Gasteiger partial charge in [-0.25, -0.2) is 0 Å². The number of piperazine rings is 1. The van der Waals surface area contributed by atoms with E-state index in [4.69, 9.17) is 9.52 Å². The zero-order valence-electron chi connectivity index (χ0n) is 16.8. The van der Waals surface area contributed by atoms with Crippen molar-refractivity contribution in [3.8, 4) is 0 Å². The molecule has 1 aromatic rings. The van der Waals surface area contributed by atoms with Crippen molar-refractivity contribution in [3.63, 3.8) is 0 Å². The molecule has 3 heterocycles. The molecule has 154 valence electrons. The summed E-state index contributed by atoms with van der Waals surface area (Å²) in [6.07, 6.45) is 4.36. The van der Waals surface area contributed by atoms with E-state index in [-0.39, 0.29) is 24.0 Å². The van der Waals surface area contributed by atoms with E-state index in [1.54, 1.807) is 6.26 Å². The summed E-state index contributed by atoms with van der Waals surface area (Å²) in [4.78, 5) is 12.3. The third-order valence-electron chi connectivity index (χ3n) is 5.20. The van der Waals surface area contributed by atoms with Gasteiger partial charge >= 0.3 is 0 Å². The number of aromatic nitrogens is 1. The lowest BCUT2D eigenvalue weighted by Crippen LogP contribution is -2.52. The number of aliphatic imine (C=N–C) groups is 1. The van der Waals surface area contributed by atoms with Gasteiger partial charge in [-0.15, -0.1) is 24.0 Å². The third-order valence-corrected chi connectivity index (χ3v) is 5.20. The molecule has 8 heteroatoms. The molecule has 1 unspecified atom stereocenters. The highest BCUT2D eigenvalue weighted by Gasteiger charge is 2.21. The number of halogens is 1. The first-order chi connectivity index (χ1) is 12.7. The Morgan fingerprint density at radius 2 is 1.93 bits per heavy atom. The zero-order valence-corrected chi connectivity index (χ0v) is 19.1. The molecule has 0 bridgehead atoms. The molecule has 2 aliphatic heterocycles. The van der Waals surface area contributed by atoms with Crippen molar-refractivity contribution in [3.05, 3.63) is 18.0 Å². The lowest BCUT2D eigenvalue weighted by atomic mass is 10.2. The first-order valence-corrected chi connectivity index (χ1v) is 10.1.